The number of allylic oxidation sites excluding steroid dienone is 18. The van der Waals surface area contributed by atoms with Crippen LogP contribution >= 0.6 is 0 Å². The Morgan fingerprint density at radius 2 is 0.534 bits per heavy atom. The second kappa shape index (κ2) is 60.6. The minimum atomic E-state index is -0.797. The van der Waals surface area contributed by atoms with Crippen molar-refractivity contribution < 1.29 is 28.6 Å². The molecule has 0 spiro atoms. The lowest BCUT2D eigenvalue weighted by atomic mass is 10.0. The SMILES string of the molecule is CC/C=C\C/C=C\C/C=C\C/C=C\C/C=C\C/C=C\C/C=C\CCCCCC(=O)OCC(COC(=O)CCCCCCCCCCCCCC)OC(=O)CCCCCCCCC/C=C\C/C=C\CCCCCC. The Bertz CT molecular complexity index is 1490. The van der Waals surface area contributed by atoms with Crippen LogP contribution in [0.2, 0.25) is 0 Å². The van der Waals surface area contributed by atoms with Crippen LogP contribution in [0.15, 0.2) is 109 Å². The van der Waals surface area contributed by atoms with Gasteiger partial charge in [0.2, 0.25) is 0 Å². The quantitative estimate of drug-likeness (QED) is 0.0261. The van der Waals surface area contributed by atoms with Crippen molar-refractivity contribution in [2.75, 3.05) is 13.2 Å². The number of hydrogen-bond acceptors (Lipinski definition) is 6. The van der Waals surface area contributed by atoms with Crippen LogP contribution < -0.4 is 0 Å². The maximum Gasteiger partial charge on any atom is 0.306 e. The van der Waals surface area contributed by atoms with E-state index in [0.717, 1.165) is 122 Å². The molecular formula is C67H112O6. The summed E-state index contributed by atoms with van der Waals surface area (Å²) in [6, 6.07) is 0. The topological polar surface area (TPSA) is 78.9 Å². The molecule has 0 fully saturated rings. The Kier molecular flexibility index (Phi) is 57.4. The highest BCUT2D eigenvalue weighted by Gasteiger charge is 2.19. The van der Waals surface area contributed by atoms with Crippen molar-refractivity contribution >= 4 is 17.9 Å². The second-order valence-corrected chi connectivity index (χ2v) is 19.9. The van der Waals surface area contributed by atoms with E-state index in [-0.39, 0.29) is 31.1 Å². The van der Waals surface area contributed by atoms with E-state index in [1.807, 2.05) is 0 Å². The number of carbonyl (C=O) groups is 3. The van der Waals surface area contributed by atoms with Crippen LogP contribution in [0.25, 0.3) is 0 Å². The summed E-state index contributed by atoms with van der Waals surface area (Å²) in [5.74, 6) is -0.929. The molecule has 1 unspecified atom stereocenters. The first-order valence-corrected chi connectivity index (χ1v) is 30.4. The molecule has 0 saturated carbocycles. The minimum Gasteiger partial charge on any atom is -0.462 e. The van der Waals surface area contributed by atoms with Gasteiger partial charge in [0, 0.05) is 19.3 Å². The monoisotopic (exact) mass is 1010 g/mol. The van der Waals surface area contributed by atoms with Crippen molar-refractivity contribution in [1.29, 1.82) is 0 Å². The summed E-state index contributed by atoms with van der Waals surface area (Å²) in [6.45, 7) is 6.48. The van der Waals surface area contributed by atoms with E-state index in [1.165, 1.54) is 116 Å². The Balaban J connectivity index is 4.42. The minimum absolute atomic E-state index is 0.0912. The fourth-order valence-corrected chi connectivity index (χ4v) is 8.22. The number of carbonyl (C=O) groups excluding carboxylic acids is 3. The van der Waals surface area contributed by atoms with Gasteiger partial charge in [-0.3, -0.25) is 14.4 Å². The first-order chi connectivity index (χ1) is 36.0. The molecule has 0 bridgehead atoms. The predicted octanol–water partition coefficient (Wildman–Crippen LogP) is 20.7. The van der Waals surface area contributed by atoms with Gasteiger partial charge >= 0.3 is 17.9 Å². The van der Waals surface area contributed by atoms with Crippen LogP contribution in [-0.2, 0) is 28.6 Å². The Morgan fingerprint density at radius 3 is 0.863 bits per heavy atom. The van der Waals surface area contributed by atoms with Crippen LogP contribution in [-0.4, -0.2) is 37.2 Å². The third-order valence-corrected chi connectivity index (χ3v) is 12.8. The Labute approximate surface area is 450 Å². The van der Waals surface area contributed by atoms with Crippen LogP contribution in [0.5, 0.6) is 0 Å². The molecule has 0 saturated heterocycles. The number of rotatable bonds is 54. The van der Waals surface area contributed by atoms with E-state index >= 15 is 0 Å². The Morgan fingerprint density at radius 1 is 0.288 bits per heavy atom. The van der Waals surface area contributed by atoms with Crippen LogP contribution in [0.4, 0.5) is 0 Å². The average molecular weight is 1010 g/mol. The zero-order chi connectivity index (χ0) is 52.9. The average Bonchev–Trinajstić information content (AvgIpc) is 3.39. The van der Waals surface area contributed by atoms with Crippen molar-refractivity contribution in [3.63, 3.8) is 0 Å². The molecule has 0 amide bonds. The molecule has 0 aromatic rings. The van der Waals surface area contributed by atoms with E-state index in [0.29, 0.717) is 19.3 Å². The predicted molar refractivity (Wildman–Crippen MR) is 316 cm³/mol. The van der Waals surface area contributed by atoms with E-state index in [9.17, 15) is 14.4 Å². The molecule has 0 aromatic carbocycles. The van der Waals surface area contributed by atoms with E-state index < -0.39 is 6.10 Å². The highest BCUT2D eigenvalue weighted by Crippen LogP contribution is 2.15. The fraction of sp³-hybridized carbons (Fsp3) is 0.687. The molecular weight excluding hydrogens is 901 g/mol. The molecule has 416 valence electrons. The normalized spacial score (nSPS) is 12.9. The molecule has 0 N–H and O–H groups in total. The van der Waals surface area contributed by atoms with Gasteiger partial charge in [0.1, 0.15) is 13.2 Å². The van der Waals surface area contributed by atoms with Crippen molar-refractivity contribution in [3.05, 3.63) is 109 Å². The van der Waals surface area contributed by atoms with Gasteiger partial charge in [-0.1, -0.05) is 259 Å². The first kappa shape index (κ1) is 69.1. The highest BCUT2D eigenvalue weighted by molar-refractivity contribution is 5.71. The molecule has 0 heterocycles. The molecule has 0 radical (unpaired) electrons. The van der Waals surface area contributed by atoms with Gasteiger partial charge in [-0.15, -0.1) is 0 Å². The van der Waals surface area contributed by atoms with E-state index in [4.69, 9.17) is 14.2 Å². The maximum atomic E-state index is 12.9. The third kappa shape index (κ3) is 58.8. The number of unbranched alkanes of at least 4 members (excludes halogenated alkanes) is 25. The fourth-order valence-electron chi connectivity index (χ4n) is 8.22. The summed E-state index contributed by atoms with van der Waals surface area (Å²) in [7, 11) is 0. The molecule has 6 heteroatoms. The molecule has 0 aliphatic heterocycles. The third-order valence-electron chi connectivity index (χ3n) is 12.8. The summed E-state index contributed by atoms with van der Waals surface area (Å²) in [5.41, 5.74) is 0. The lowest BCUT2D eigenvalue weighted by Gasteiger charge is -2.18. The standard InChI is InChI=1S/C67H112O6/c1-4-7-10-13-16-19-22-25-27-29-31-32-33-34-35-36-37-39-40-42-45-48-51-54-57-60-66(69)72-63-64(62-71-65(68)59-56-53-50-47-44-24-21-18-15-12-9-6-3)73-67(70)61-58-55-52-49-46-43-41-38-30-28-26-23-20-17-14-11-8-5-2/h7,10,16,19-20,23,25,27-28,30-32,34-35,37,39,42,45,64H,4-6,8-9,11-15,17-18,21-22,24,26,29,33,36,38,40-41,43-44,46-63H2,1-3H3/b10-7-,19-16-,23-20-,27-25-,30-28-,32-31-,35-34-,39-37-,45-42-. The first-order valence-electron chi connectivity index (χ1n) is 30.4. The van der Waals surface area contributed by atoms with Gasteiger partial charge in [-0.05, 0) is 109 Å². The molecule has 73 heavy (non-hydrogen) atoms. The van der Waals surface area contributed by atoms with Gasteiger partial charge in [-0.2, -0.15) is 0 Å². The molecule has 1 atom stereocenters. The van der Waals surface area contributed by atoms with Crippen LogP contribution in [0.1, 0.15) is 278 Å². The van der Waals surface area contributed by atoms with Gasteiger partial charge in [-0.25, -0.2) is 0 Å². The van der Waals surface area contributed by atoms with Crippen LogP contribution in [0, 0.1) is 0 Å². The zero-order valence-corrected chi connectivity index (χ0v) is 47.6. The number of esters is 3. The van der Waals surface area contributed by atoms with Gasteiger partial charge in [0.25, 0.3) is 0 Å². The number of hydrogen-bond donors (Lipinski definition) is 0. The summed E-state index contributed by atoms with van der Waals surface area (Å²) in [4.78, 5) is 38.2. The zero-order valence-electron chi connectivity index (χ0n) is 47.6. The summed E-state index contributed by atoms with van der Waals surface area (Å²) >= 11 is 0. The molecule has 0 aliphatic carbocycles. The molecule has 6 nitrogen and oxygen atoms in total. The lowest BCUT2D eigenvalue weighted by molar-refractivity contribution is -0.167. The van der Waals surface area contributed by atoms with Gasteiger partial charge < -0.3 is 14.2 Å². The summed E-state index contributed by atoms with van der Waals surface area (Å²) < 4.78 is 16.9. The van der Waals surface area contributed by atoms with E-state index in [1.54, 1.807) is 0 Å². The molecule has 0 rings (SSSR count). The van der Waals surface area contributed by atoms with Crippen LogP contribution in [0.3, 0.4) is 0 Å². The summed E-state index contributed by atoms with van der Waals surface area (Å²) in [6.07, 6.45) is 82.2. The lowest BCUT2D eigenvalue weighted by Crippen LogP contribution is -2.30. The van der Waals surface area contributed by atoms with Gasteiger partial charge in [0.05, 0.1) is 0 Å². The van der Waals surface area contributed by atoms with Crippen molar-refractivity contribution in [2.24, 2.45) is 0 Å². The second-order valence-electron chi connectivity index (χ2n) is 19.9. The molecule has 0 aromatic heterocycles. The van der Waals surface area contributed by atoms with Crippen molar-refractivity contribution in [2.45, 2.75) is 284 Å². The summed E-state index contributed by atoms with van der Waals surface area (Å²) in [5, 5.41) is 0. The smallest absolute Gasteiger partial charge is 0.306 e. The van der Waals surface area contributed by atoms with E-state index in [2.05, 4.69) is 130 Å². The highest BCUT2D eigenvalue weighted by atomic mass is 16.6. The largest absolute Gasteiger partial charge is 0.462 e. The van der Waals surface area contributed by atoms with Crippen molar-refractivity contribution in [1.82, 2.24) is 0 Å². The van der Waals surface area contributed by atoms with Crippen molar-refractivity contribution in [3.8, 4) is 0 Å². The Hall–Kier alpha value is -3.93. The molecule has 0 aliphatic rings. The van der Waals surface area contributed by atoms with Gasteiger partial charge in [0.15, 0.2) is 6.10 Å². The number of ether oxygens (including phenoxy) is 3. The maximum absolute atomic E-state index is 12.9.